The minimum absolute atomic E-state index is 0.145. The predicted molar refractivity (Wildman–Crippen MR) is 404 cm³/mol. The third kappa shape index (κ3) is 6.17. The molecule has 0 radical (unpaired) electrons. The fraction of sp³-hybridized carbons (Fsp3) is 0. The van der Waals surface area contributed by atoms with E-state index in [1.807, 2.05) is 0 Å². The Labute approximate surface area is 549 Å². The highest BCUT2D eigenvalue weighted by Gasteiger charge is 2.47. The monoisotopic (exact) mass is 1210 g/mol. The number of anilines is 6. The van der Waals surface area contributed by atoms with Gasteiger partial charge in [-0.15, -0.1) is 0 Å². The van der Waals surface area contributed by atoms with E-state index >= 15 is 0 Å². The SMILES string of the molecule is c1ccc2cc(N3c4cc5ccccc5cc4B4c5c3cc3c(oc6ccccc63)c5-c3ccc(-c5ccc6c(N7c8cc9c(oc%10ccccc%109)c9c8B(c8ccc%10ccccc%10c87)n7c8ccccc8c8cccc-9c87)cccc6c5)c5c6ccccc6n4c35)ccc2c1. The van der Waals surface area contributed by atoms with Crippen molar-refractivity contribution in [1.29, 1.82) is 0 Å². The van der Waals surface area contributed by atoms with Crippen LogP contribution in [0.25, 0.3) is 164 Å². The van der Waals surface area contributed by atoms with Crippen LogP contribution in [0.5, 0.6) is 0 Å². The maximum absolute atomic E-state index is 7.25. The maximum atomic E-state index is 7.25. The molecule has 0 unspecified atom stereocenters. The lowest BCUT2D eigenvalue weighted by Crippen LogP contribution is -2.56. The van der Waals surface area contributed by atoms with Crippen molar-refractivity contribution < 1.29 is 8.83 Å². The Morgan fingerprint density at radius 1 is 0.281 bits per heavy atom. The molecule has 0 saturated carbocycles. The molecule has 24 rings (SSSR count). The smallest absolute Gasteiger partial charge is 0.333 e. The van der Waals surface area contributed by atoms with Crippen LogP contribution in [0, 0.1) is 0 Å². The van der Waals surface area contributed by atoms with Gasteiger partial charge in [0.05, 0.1) is 11.4 Å². The molecule has 438 valence electrons. The van der Waals surface area contributed by atoms with Crippen molar-refractivity contribution in [3.63, 3.8) is 0 Å². The molecule has 0 amide bonds. The zero-order chi connectivity index (χ0) is 61.9. The standard InChI is InChI=1S/C88H48B2N4O2/c1-2-19-51-44-56(38-35-49(51)17-1)91-74-46-53-21-4-3-20-52(53)45-70(74)90-82-75(91)47-67-61-25-9-13-33-77(61)96-88(67)81(82)66-41-40-58(79-64-27-8-12-31-73(64)94(90)86(66)79)55-36-39-57-54(43-55)22-15-32-71(57)92-76-48-68-62-26-10-14-34-78(62)95-87(68)80-65-29-16-28-63-60-24-7-11-30-72(60)93(84(63)65)89(83(76)80)69-42-37-50-18-5-6-23-59(50)85(69)92/h1-48H. The molecule has 4 aromatic heterocycles. The first-order valence-electron chi connectivity index (χ1n) is 33.4. The minimum Gasteiger partial charge on any atom is -0.455 e. The largest absolute Gasteiger partial charge is 0.455 e. The summed E-state index contributed by atoms with van der Waals surface area (Å²) in [5.74, 6) is 0. The van der Waals surface area contributed by atoms with E-state index in [9.17, 15) is 0 Å². The number of hydrogen-bond acceptors (Lipinski definition) is 4. The second-order valence-corrected chi connectivity index (χ2v) is 26.9. The number of para-hydroxylation sites is 5. The van der Waals surface area contributed by atoms with Gasteiger partial charge in [-0.1, -0.05) is 224 Å². The number of nitrogens with zero attached hydrogens (tertiary/aromatic N) is 4. The van der Waals surface area contributed by atoms with Crippen LogP contribution in [0.1, 0.15) is 0 Å². The number of aromatic nitrogens is 2. The van der Waals surface area contributed by atoms with Crippen molar-refractivity contribution in [2.75, 3.05) is 9.80 Å². The van der Waals surface area contributed by atoms with E-state index in [0.717, 1.165) is 83.1 Å². The third-order valence-electron chi connectivity index (χ3n) is 22.3. The molecule has 16 aromatic carbocycles. The predicted octanol–water partition coefficient (Wildman–Crippen LogP) is 20.8. The minimum atomic E-state index is -0.197. The van der Waals surface area contributed by atoms with Crippen LogP contribution >= 0.6 is 0 Å². The molecule has 0 atom stereocenters. The van der Waals surface area contributed by atoms with Gasteiger partial charge in [0, 0.05) is 121 Å². The zero-order valence-corrected chi connectivity index (χ0v) is 51.5. The van der Waals surface area contributed by atoms with Crippen molar-refractivity contribution >= 4 is 200 Å². The molecule has 0 aliphatic carbocycles. The molecule has 6 nitrogen and oxygen atoms in total. The Balaban J connectivity index is 0.766. The molecule has 0 bridgehead atoms. The van der Waals surface area contributed by atoms with E-state index < -0.39 is 0 Å². The van der Waals surface area contributed by atoms with Crippen LogP contribution in [0.15, 0.2) is 300 Å². The van der Waals surface area contributed by atoms with E-state index in [4.69, 9.17) is 8.83 Å². The van der Waals surface area contributed by atoms with Crippen molar-refractivity contribution in [3.05, 3.63) is 291 Å². The topological polar surface area (TPSA) is 42.6 Å². The number of hydrogen-bond donors (Lipinski definition) is 0. The lowest BCUT2D eigenvalue weighted by Gasteiger charge is -2.41. The number of furan rings is 2. The van der Waals surface area contributed by atoms with Crippen molar-refractivity contribution in [3.8, 4) is 33.4 Å². The molecule has 4 aliphatic heterocycles. The van der Waals surface area contributed by atoms with Gasteiger partial charge in [0.1, 0.15) is 22.3 Å². The summed E-state index contributed by atoms with van der Waals surface area (Å²) >= 11 is 0. The van der Waals surface area contributed by atoms with Crippen LogP contribution in [0.4, 0.5) is 34.1 Å². The summed E-state index contributed by atoms with van der Waals surface area (Å²) in [5.41, 5.74) is 27.5. The second kappa shape index (κ2) is 17.8. The van der Waals surface area contributed by atoms with Gasteiger partial charge in [0.15, 0.2) is 0 Å². The molecule has 8 heteroatoms. The van der Waals surface area contributed by atoms with E-state index in [0.29, 0.717) is 0 Å². The van der Waals surface area contributed by atoms with Gasteiger partial charge < -0.3 is 27.6 Å². The molecule has 0 fully saturated rings. The average molecular weight is 1220 g/mol. The summed E-state index contributed by atoms with van der Waals surface area (Å²) < 4.78 is 19.7. The molecule has 0 N–H and O–H groups in total. The summed E-state index contributed by atoms with van der Waals surface area (Å²) in [6.45, 7) is -0.342. The second-order valence-electron chi connectivity index (χ2n) is 26.9. The highest BCUT2D eigenvalue weighted by atomic mass is 16.3. The summed E-state index contributed by atoms with van der Waals surface area (Å²) in [6.07, 6.45) is 0. The molecular weight excluding hydrogens is 1170 g/mol. The number of fused-ring (bicyclic) bond motifs is 27. The fourth-order valence-corrected chi connectivity index (χ4v) is 18.5. The van der Waals surface area contributed by atoms with E-state index in [1.54, 1.807) is 0 Å². The van der Waals surface area contributed by atoms with Crippen LogP contribution in [0.3, 0.4) is 0 Å². The quantitative estimate of drug-likeness (QED) is 0.165. The van der Waals surface area contributed by atoms with Gasteiger partial charge in [-0.3, -0.25) is 0 Å². The van der Waals surface area contributed by atoms with Gasteiger partial charge in [0.2, 0.25) is 0 Å². The first kappa shape index (κ1) is 50.1. The first-order chi connectivity index (χ1) is 47.6. The van der Waals surface area contributed by atoms with Gasteiger partial charge in [0.25, 0.3) is 0 Å². The van der Waals surface area contributed by atoms with E-state index in [-0.39, 0.29) is 13.7 Å². The van der Waals surface area contributed by atoms with Gasteiger partial charge in [-0.2, -0.15) is 0 Å². The van der Waals surface area contributed by atoms with E-state index in [1.165, 1.54) is 137 Å². The number of benzene rings is 16. The van der Waals surface area contributed by atoms with Crippen LogP contribution < -0.4 is 31.7 Å². The van der Waals surface area contributed by atoms with Gasteiger partial charge >= 0.3 is 13.7 Å². The third-order valence-corrected chi connectivity index (χ3v) is 22.3. The van der Waals surface area contributed by atoms with E-state index in [2.05, 4.69) is 310 Å². The molecule has 0 saturated heterocycles. The van der Waals surface area contributed by atoms with Gasteiger partial charge in [-0.05, 0) is 132 Å². The van der Waals surface area contributed by atoms with Gasteiger partial charge in [-0.25, -0.2) is 0 Å². The summed E-state index contributed by atoms with van der Waals surface area (Å²) in [7, 11) is 0. The normalized spacial score (nSPS) is 13.5. The van der Waals surface area contributed by atoms with Crippen LogP contribution in [-0.2, 0) is 0 Å². The van der Waals surface area contributed by atoms with Crippen molar-refractivity contribution in [2.45, 2.75) is 0 Å². The number of rotatable bonds is 3. The van der Waals surface area contributed by atoms with Crippen molar-refractivity contribution in [1.82, 2.24) is 8.96 Å². The highest BCUT2D eigenvalue weighted by Crippen LogP contribution is 2.55. The lowest BCUT2D eigenvalue weighted by molar-refractivity contribution is 0.670. The van der Waals surface area contributed by atoms with Crippen molar-refractivity contribution in [2.24, 2.45) is 0 Å². The molecule has 96 heavy (non-hydrogen) atoms. The Kier molecular flexibility index (Phi) is 9.28. The molecule has 0 spiro atoms. The first-order valence-corrected chi connectivity index (χ1v) is 33.4. The average Bonchev–Trinajstić information content (AvgIpc) is 1.27. The van der Waals surface area contributed by atoms with Crippen LogP contribution in [-0.4, -0.2) is 22.7 Å². The summed E-state index contributed by atoms with van der Waals surface area (Å²) in [6, 6.07) is 109. The molecule has 4 aliphatic rings. The molecule has 8 heterocycles. The Bertz CT molecular complexity index is 7030. The molecule has 20 aromatic rings. The molecular formula is C88H48B2N4O2. The van der Waals surface area contributed by atoms with Crippen LogP contribution in [0.2, 0.25) is 0 Å². The highest BCUT2D eigenvalue weighted by molar-refractivity contribution is 6.91. The lowest BCUT2D eigenvalue weighted by atomic mass is 9.44. The zero-order valence-electron chi connectivity index (χ0n) is 51.5. The summed E-state index contributed by atoms with van der Waals surface area (Å²) in [4.78, 5) is 5.17. The fourth-order valence-electron chi connectivity index (χ4n) is 18.5. The Morgan fingerprint density at radius 3 is 1.59 bits per heavy atom. The maximum Gasteiger partial charge on any atom is 0.333 e. The Morgan fingerprint density at radius 2 is 0.833 bits per heavy atom. The summed E-state index contributed by atoms with van der Waals surface area (Å²) in [5, 5.41) is 19.0. The Hall–Kier alpha value is -12.5.